The van der Waals surface area contributed by atoms with Gasteiger partial charge in [-0.1, -0.05) is 93.3 Å². The Morgan fingerprint density at radius 2 is 1.02 bits per heavy atom. The summed E-state index contributed by atoms with van der Waals surface area (Å²) in [5, 5.41) is 22.8. The van der Waals surface area contributed by atoms with Crippen molar-refractivity contribution in [2.45, 2.75) is 144 Å². The number of hydrogen-bond acceptors (Lipinski definition) is 14. The second-order valence-corrected chi connectivity index (χ2v) is 27.1. The summed E-state index contributed by atoms with van der Waals surface area (Å²) in [6, 6.07) is 40.6. The number of unbranched alkanes of at least 4 members (excludes halogenated alkanes) is 4. The lowest BCUT2D eigenvalue weighted by Crippen LogP contribution is -2.30. The van der Waals surface area contributed by atoms with Crippen molar-refractivity contribution in [1.82, 2.24) is 29.4 Å². The van der Waals surface area contributed by atoms with Crippen molar-refractivity contribution in [3.63, 3.8) is 0 Å². The lowest BCUT2D eigenvalue weighted by Gasteiger charge is -2.24. The fourth-order valence-corrected chi connectivity index (χ4v) is 14.6. The summed E-state index contributed by atoms with van der Waals surface area (Å²) in [5.41, 5.74) is 9.87. The third-order valence-electron chi connectivity index (χ3n) is 18.1. The van der Waals surface area contributed by atoms with Gasteiger partial charge in [-0.15, -0.1) is 12.6 Å². The lowest BCUT2D eigenvalue weighted by molar-refractivity contribution is -0.387. The van der Waals surface area contributed by atoms with Crippen molar-refractivity contribution in [1.29, 1.82) is 0 Å². The Bertz CT molecular complexity index is 4000. The Kier molecular flexibility index (Phi) is 27.5. The van der Waals surface area contributed by atoms with Gasteiger partial charge in [0.2, 0.25) is 21.8 Å². The Labute approximate surface area is 570 Å². The van der Waals surface area contributed by atoms with Crippen LogP contribution in [0.5, 0.6) is 11.5 Å². The molecule has 512 valence electrons. The standard InChI is InChI=1S/C37H44N4O8S.C31H41N3O4.C7H8S/c1-39(50(46,47)33-15-9-8-14-31(33)41(44)45)23-11-5-10-22-38-34(42)25-40-32-24-28(37(43)49-3)18-21-30(32)35(26-12-6-4-7-13-26)36(40)27-16-19-29(48-2)20-17-27;1-32-18-8-5-9-19-33-28(35)21-34-27-20-24(31(36)38-3)14-17-26(27)29(22-10-6-4-7-11-22)30(34)23-12-15-25(37-2)16-13-23;1-6-2-4-7(8)5-3-6/h8-9,14-21,24,26H,4-7,10-13,22-23,25H2,1-3H3,(H,38,42);12-17,20,22,32H,4-11,18-19,21H2,1-3H3,(H,33,35);2-5,8H,1H3. The fraction of sp³-hybridized carbons (Fsp3) is 0.413. The summed E-state index contributed by atoms with van der Waals surface area (Å²) in [6.07, 6.45) is 16.3. The number of fused-ring (bicyclic) bond motifs is 2. The molecule has 0 spiro atoms. The van der Waals surface area contributed by atoms with E-state index in [9.17, 15) is 37.7 Å². The Morgan fingerprint density at radius 1 is 0.583 bits per heavy atom. The van der Waals surface area contributed by atoms with E-state index in [1.54, 1.807) is 20.3 Å². The number of esters is 2. The molecular formula is C75H93N7O12S2. The molecule has 96 heavy (non-hydrogen) atoms. The first-order valence-electron chi connectivity index (χ1n) is 33.3. The van der Waals surface area contributed by atoms with Gasteiger partial charge in [0.1, 0.15) is 24.6 Å². The number of aryl methyl sites for hydroxylation is 1. The van der Waals surface area contributed by atoms with Gasteiger partial charge < -0.3 is 44.0 Å². The molecule has 0 bridgehead atoms. The van der Waals surface area contributed by atoms with E-state index in [1.807, 2.05) is 103 Å². The number of nitro groups is 1. The van der Waals surface area contributed by atoms with Gasteiger partial charge in [0.25, 0.3) is 5.69 Å². The van der Waals surface area contributed by atoms with Crippen LogP contribution in [0.15, 0.2) is 143 Å². The minimum Gasteiger partial charge on any atom is -0.497 e. The first-order chi connectivity index (χ1) is 46.4. The summed E-state index contributed by atoms with van der Waals surface area (Å²) in [6.45, 7) is 4.49. The summed E-state index contributed by atoms with van der Waals surface area (Å²) in [5.74, 6) is 1.20. The number of sulfonamides is 1. The Morgan fingerprint density at radius 3 is 1.44 bits per heavy atom. The van der Waals surface area contributed by atoms with E-state index in [-0.39, 0.29) is 42.3 Å². The number of thiol groups is 1. The number of hydrogen-bond donors (Lipinski definition) is 4. The number of benzene rings is 6. The molecule has 2 aromatic heterocycles. The van der Waals surface area contributed by atoms with Crippen molar-refractivity contribution in [3.05, 3.63) is 171 Å². The molecule has 21 heteroatoms. The van der Waals surface area contributed by atoms with Crippen LogP contribution in [0, 0.1) is 17.0 Å². The van der Waals surface area contributed by atoms with E-state index in [1.165, 1.54) is 87.9 Å². The summed E-state index contributed by atoms with van der Waals surface area (Å²) in [4.78, 5) is 63.1. The van der Waals surface area contributed by atoms with Crippen LogP contribution < -0.4 is 25.4 Å². The van der Waals surface area contributed by atoms with Gasteiger partial charge in [0, 0.05) is 48.4 Å². The molecule has 10 rings (SSSR count). The topological polar surface area (TPSA) is 232 Å². The van der Waals surface area contributed by atoms with Crippen LogP contribution in [-0.2, 0) is 42.2 Å². The fourth-order valence-electron chi connectivity index (χ4n) is 13.1. The van der Waals surface area contributed by atoms with Gasteiger partial charge in [-0.05, 0) is 197 Å². The van der Waals surface area contributed by atoms with E-state index in [2.05, 4.69) is 52.2 Å². The molecule has 2 fully saturated rings. The smallest absolute Gasteiger partial charge is 0.337 e. The molecule has 2 saturated carbocycles. The number of nitro benzene ring substituents is 1. The Balaban J connectivity index is 0.000000226. The zero-order chi connectivity index (χ0) is 68.7. The number of para-hydroxylation sites is 1. The predicted octanol–water partition coefficient (Wildman–Crippen LogP) is 14.6. The largest absolute Gasteiger partial charge is 0.497 e. The van der Waals surface area contributed by atoms with Crippen LogP contribution in [-0.4, -0.2) is 119 Å². The maximum atomic E-state index is 13.5. The monoisotopic (exact) mass is 1350 g/mol. The SMILES string of the molecule is CNCCCCCNC(=O)Cn1c(-c2ccc(OC)cc2)c(C2CCCCC2)c2ccc(C(=O)OC)cc21.COC(=O)c1ccc2c(C3CCCCC3)c(-c3ccc(OC)cc3)n(CC(=O)NCCCCCN(C)S(=O)(=O)c3ccccc3[N+](=O)[O-])c2c1.Cc1ccc(S)cc1. The maximum Gasteiger partial charge on any atom is 0.337 e. The van der Waals surface area contributed by atoms with Gasteiger partial charge in [0.05, 0.1) is 66.9 Å². The van der Waals surface area contributed by atoms with Crippen LogP contribution in [0.3, 0.4) is 0 Å². The molecule has 0 atom stereocenters. The van der Waals surface area contributed by atoms with Crippen molar-refractivity contribution in [2.24, 2.45) is 0 Å². The van der Waals surface area contributed by atoms with Gasteiger partial charge in [-0.3, -0.25) is 19.7 Å². The zero-order valence-electron chi connectivity index (χ0n) is 56.5. The molecule has 2 amide bonds. The average Bonchev–Trinajstić information content (AvgIpc) is 1.60. The van der Waals surface area contributed by atoms with Crippen molar-refractivity contribution in [2.75, 3.05) is 68.7 Å². The van der Waals surface area contributed by atoms with Gasteiger partial charge in [-0.25, -0.2) is 22.3 Å². The summed E-state index contributed by atoms with van der Waals surface area (Å²) in [7, 11) is 5.35. The number of aromatic nitrogens is 2. The molecule has 6 aromatic carbocycles. The summed E-state index contributed by atoms with van der Waals surface area (Å²) < 4.78 is 52.1. The van der Waals surface area contributed by atoms with Crippen molar-refractivity contribution >= 4 is 73.9 Å². The van der Waals surface area contributed by atoms with E-state index < -0.39 is 26.6 Å². The molecule has 2 aliphatic carbocycles. The molecule has 19 nitrogen and oxygen atoms in total. The van der Waals surface area contributed by atoms with E-state index in [0.29, 0.717) is 55.3 Å². The third kappa shape index (κ3) is 18.9. The van der Waals surface area contributed by atoms with Crippen LogP contribution in [0.1, 0.15) is 152 Å². The first kappa shape index (κ1) is 73.3. The van der Waals surface area contributed by atoms with E-state index >= 15 is 0 Å². The maximum absolute atomic E-state index is 13.5. The number of carbonyl (C=O) groups is 4. The minimum atomic E-state index is -4.04. The molecule has 0 aliphatic heterocycles. The van der Waals surface area contributed by atoms with Crippen LogP contribution in [0.2, 0.25) is 0 Å². The number of amides is 2. The minimum absolute atomic E-state index is 0.0241. The van der Waals surface area contributed by atoms with Crippen LogP contribution in [0.25, 0.3) is 44.3 Å². The van der Waals surface area contributed by atoms with Crippen LogP contribution >= 0.6 is 12.6 Å². The number of rotatable bonds is 27. The van der Waals surface area contributed by atoms with Gasteiger partial charge in [-0.2, -0.15) is 0 Å². The Hall–Kier alpha value is -8.50. The van der Waals surface area contributed by atoms with Gasteiger partial charge in [0.15, 0.2) is 4.90 Å². The number of carbonyl (C=O) groups excluding carboxylic acids is 4. The van der Waals surface area contributed by atoms with E-state index in [0.717, 1.165) is 129 Å². The molecule has 8 aromatic rings. The lowest BCUT2D eigenvalue weighted by atomic mass is 9.82. The van der Waals surface area contributed by atoms with Gasteiger partial charge >= 0.3 is 11.9 Å². The molecule has 2 heterocycles. The van der Waals surface area contributed by atoms with Crippen molar-refractivity contribution < 1.29 is 51.5 Å². The highest BCUT2D eigenvalue weighted by Crippen LogP contribution is 2.47. The third-order valence-corrected chi connectivity index (χ3v) is 20.3. The zero-order valence-corrected chi connectivity index (χ0v) is 58.2. The summed E-state index contributed by atoms with van der Waals surface area (Å²) >= 11 is 4.13. The quantitative estimate of drug-likeness (QED) is 0.0124. The predicted molar refractivity (Wildman–Crippen MR) is 381 cm³/mol. The molecule has 0 unspecified atom stereocenters. The molecule has 3 N–H and O–H groups in total. The molecule has 0 saturated heterocycles. The number of nitrogens with zero attached hydrogens (tertiary/aromatic N) is 4. The highest BCUT2D eigenvalue weighted by Gasteiger charge is 2.32. The second kappa shape index (κ2) is 36.0. The van der Waals surface area contributed by atoms with Crippen molar-refractivity contribution in [3.8, 4) is 34.0 Å². The molecule has 0 radical (unpaired) electrons. The highest BCUT2D eigenvalue weighted by molar-refractivity contribution is 7.89. The number of methoxy groups -OCH3 is 4. The first-order valence-corrected chi connectivity index (χ1v) is 35.2. The van der Waals surface area contributed by atoms with E-state index in [4.69, 9.17) is 18.9 Å². The van der Waals surface area contributed by atoms with Crippen LogP contribution in [0.4, 0.5) is 5.69 Å². The average molecular weight is 1350 g/mol. The molecular weight excluding hydrogens is 1250 g/mol. The molecule has 2 aliphatic rings. The normalized spacial score (nSPS) is 13.5. The number of nitrogens with one attached hydrogen (secondary N) is 3. The second-order valence-electron chi connectivity index (χ2n) is 24.6. The highest BCUT2D eigenvalue weighted by atomic mass is 32.2. The number of ether oxygens (including phenoxy) is 4.